The molecule has 3 spiro atoms. The molecule has 0 aromatic rings. The van der Waals surface area contributed by atoms with E-state index in [4.69, 9.17) is 66.3 Å². The van der Waals surface area contributed by atoms with E-state index in [0.29, 0.717) is 133 Å². The highest BCUT2D eigenvalue weighted by Gasteiger charge is 2.64. The third-order valence-corrected chi connectivity index (χ3v) is 28.9. The van der Waals surface area contributed by atoms with Gasteiger partial charge in [-0.25, -0.2) is 28.8 Å². The molecule has 17 rings (SSSR count). The summed E-state index contributed by atoms with van der Waals surface area (Å²) in [5, 5.41) is 30.2. The maximum absolute atomic E-state index is 11.6. The van der Waals surface area contributed by atoms with Gasteiger partial charge in [-0.3, -0.25) is 4.79 Å². The van der Waals surface area contributed by atoms with Gasteiger partial charge in [-0.1, -0.05) is 91.3 Å². The van der Waals surface area contributed by atoms with Crippen molar-refractivity contribution in [3.8, 4) is 0 Å². The minimum absolute atomic E-state index is 0.0704. The molecular formula is C98H154O25. The average molecular weight is 1730 g/mol. The SMILES string of the molecule is C=C(C)C(=O)OC1C2CC(C1O)C1(COC1)C2.C=C(C)C(=O)OC1CC(C)C2(COC2)CC1O.C=C(C)C(=O)OC1CCC2(COC2)CC1O.C=C(C)C(=O)OC1CCCC2CCCCC21.C=C(C)C(=O)OC1CCCCC1.C=C(C)C(=O)OCC1CCCCC1.COC(=O)C1CCC2OC2C1.COCC1CCC2OC2(C)C1.COCC1CCC2OC2C1. The van der Waals surface area contributed by atoms with Gasteiger partial charge in [-0.2, -0.15) is 0 Å². The number of ether oxygens (including phenoxy) is 15. The maximum atomic E-state index is 11.6. The zero-order chi connectivity index (χ0) is 89.5. The summed E-state index contributed by atoms with van der Waals surface area (Å²) in [6.45, 7) is 42.5. The van der Waals surface area contributed by atoms with Gasteiger partial charge >= 0.3 is 41.8 Å². The number of fused-ring (bicyclic) bond motifs is 7. The summed E-state index contributed by atoms with van der Waals surface area (Å²) in [4.78, 5) is 79.1. The smallest absolute Gasteiger partial charge is 0.333 e. The second-order valence-corrected chi connectivity index (χ2v) is 39.6. The average Bonchev–Trinajstić information content (AvgIpc) is 1.56. The lowest BCUT2D eigenvalue weighted by molar-refractivity contribution is -0.205. The van der Waals surface area contributed by atoms with E-state index >= 15 is 0 Å². The Morgan fingerprint density at radius 3 is 1.44 bits per heavy atom. The van der Waals surface area contributed by atoms with Crippen LogP contribution in [0.25, 0.3) is 0 Å². The first-order chi connectivity index (χ1) is 58.5. The molecule has 25 nitrogen and oxygen atoms in total. The summed E-state index contributed by atoms with van der Waals surface area (Å²) in [5.74, 6) is 2.62. The molecule has 0 aromatic carbocycles. The summed E-state index contributed by atoms with van der Waals surface area (Å²) in [7, 11) is 5.00. The zero-order valence-electron chi connectivity index (χ0n) is 76.5. The lowest BCUT2D eigenvalue weighted by Crippen LogP contribution is -2.56. The van der Waals surface area contributed by atoms with E-state index in [1.807, 2.05) is 0 Å². The van der Waals surface area contributed by atoms with Gasteiger partial charge in [0.2, 0.25) is 0 Å². The Morgan fingerprint density at radius 2 is 0.919 bits per heavy atom. The second kappa shape index (κ2) is 47.6. The number of hydrogen-bond acceptors (Lipinski definition) is 25. The van der Waals surface area contributed by atoms with Crippen molar-refractivity contribution in [2.45, 2.75) is 352 Å². The van der Waals surface area contributed by atoms with E-state index in [0.717, 1.165) is 115 Å². The highest BCUT2D eigenvalue weighted by Crippen LogP contribution is 2.60. The van der Waals surface area contributed by atoms with Crippen molar-refractivity contribution in [3.05, 3.63) is 72.9 Å². The molecule has 2 bridgehead atoms. The molecule has 21 atom stereocenters. The number of carbonyl (C=O) groups excluding carboxylic acids is 7. The molecule has 6 saturated heterocycles. The first kappa shape index (κ1) is 101. The van der Waals surface area contributed by atoms with Gasteiger partial charge in [0, 0.05) is 77.1 Å². The maximum Gasteiger partial charge on any atom is 0.333 e. The minimum atomic E-state index is -0.585. The molecule has 17 fully saturated rings. The van der Waals surface area contributed by atoms with E-state index in [1.165, 1.54) is 136 Å². The molecule has 11 saturated carbocycles. The van der Waals surface area contributed by atoms with Crippen LogP contribution in [0, 0.1) is 69.5 Å². The van der Waals surface area contributed by atoms with Crippen LogP contribution < -0.4 is 0 Å². The summed E-state index contributed by atoms with van der Waals surface area (Å²) in [6.07, 6.45) is 37.1. The predicted molar refractivity (Wildman–Crippen MR) is 463 cm³/mol. The van der Waals surface area contributed by atoms with Gasteiger partial charge in [0.15, 0.2) is 0 Å². The van der Waals surface area contributed by atoms with Crippen LogP contribution in [0.5, 0.6) is 0 Å². The molecule has 21 unspecified atom stereocenters. The Hall–Kier alpha value is -5.71. The van der Waals surface area contributed by atoms with Crippen molar-refractivity contribution in [1.82, 2.24) is 0 Å². The fourth-order valence-corrected chi connectivity index (χ4v) is 21.0. The Balaban J connectivity index is 0.000000158. The highest BCUT2D eigenvalue weighted by molar-refractivity contribution is 5.89. The highest BCUT2D eigenvalue weighted by atomic mass is 16.6. The summed E-state index contributed by atoms with van der Waals surface area (Å²) in [6, 6.07) is 0. The molecule has 6 aliphatic heterocycles. The van der Waals surface area contributed by atoms with Crippen LogP contribution in [0.3, 0.4) is 0 Å². The van der Waals surface area contributed by atoms with Crippen LogP contribution in [0.4, 0.5) is 0 Å². The van der Waals surface area contributed by atoms with E-state index in [-0.39, 0.29) is 87.9 Å². The van der Waals surface area contributed by atoms with Crippen LogP contribution in [0.1, 0.15) is 267 Å². The van der Waals surface area contributed by atoms with Crippen molar-refractivity contribution in [1.29, 1.82) is 0 Å². The number of methoxy groups -OCH3 is 3. The van der Waals surface area contributed by atoms with Gasteiger partial charge < -0.3 is 86.4 Å². The fourth-order valence-electron chi connectivity index (χ4n) is 21.0. The third kappa shape index (κ3) is 29.7. The van der Waals surface area contributed by atoms with Crippen LogP contribution in [-0.4, -0.2) is 223 Å². The van der Waals surface area contributed by atoms with E-state index in [1.54, 1.807) is 55.8 Å². The van der Waals surface area contributed by atoms with Gasteiger partial charge in [-0.15, -0.1) is 0 Å². The lowest BCUT2D eigenvalue weighted by atomic mass is 9.64. The number of aliphatic hydroxyl groups excluding tert-OH is 3. The zero-order valence-corrected chi connectivity index (χ0v) is 76.5. The van der Waals surface area contributed by atoms with Crippen molar-refractivity contribution in [2.75, 3.05) is 80.8 Å². The number of epoxide rings is 3. The molecule has 6 heterocycles. The molecule has 3 N–H and O–H groups in total. The van der Waals surface area contributed by atoms with E-state index in [9.17, 15) is 48.9 Å². The second-order valence-electron chi connectivity index (χ2n) is 39.6. The summed E-state index contributed by atoms with van der Waals surface area (Å²) >= 11 is 0. The van der Waals surface area contributed by atoms with Crippen LogP contribution in [-0.2, 0) is 105 Å². The fraction of sp³-hybridized carbons (Fsp3) is 0.806. The van der Waals surface area contributed by atoms with Crippen molar-refractivity contribution in [2.24, 2.45) is 69.5 Å². The monoisotopic (exact) mass is 1730 g/mol. The van der Waals surface area contributed by atoms with Crippen LogP contribution in [0.2, 0.25) is 0 Å². The lowest BCUT2D eigenvalue weighted by Gasteiger charge is -2.52. The van der Waals surface area contributed by atoms with Gasteiger partial charge in [0.05, 0.1) is 114 Å². The predicted octanol–water partition coefficient (Wildman–Crippen LogP) is 15.3. The van der Waals surface area contributed by atoms with E-state index in [2.05, 4.69) is 58.1 Å². The molecular weight excluding hydrogens is 1580 g/mol. The van der Waals surface area contributed by atoms with Crippen molar-refractivity contribution < 1.29 is 120 Å². The molecule has 0 amide bonds. The number of esters is 7. The largest absolute Gasteiger partial charge is 0.469 e. The Bertz CT molecular complexity index is 3510. The summed E-state index contributed by atoms with van der Waals surface area (Å²) < 4.78 is 78.6. The number of aliphatic hydroxyl groups is 3. The van der Waals surface area contributed by atoms with Gasteiger partial charge in [0.1, 0.15) is 30.5 Å². The van der Waals surface area contributed by atoms with Gasteiger partial charge in [-0.05, 0) is 263 Å². The number of carbonyl (C=O) groups is 7. The van der Waals surface area contributed by atoms with Crippen molar-refractivity contribution >= 4 is 41.8 Å². The molecule has 696 valence electrons. The standard InChI is InChI=1S/C14H22O2.C13H18O4.C13H20O4.C12H18O4.C11H18O2.C10H16O2.C9H16O2.C8H12O3.C8H14O2/c1-10(2)14(15)16-13-9-5-7-11-6-3-4-8-12(11)13;1-7(2)12(15)17-11-8-3-9(10(11)14)13(4-8)5-16-6-13;1-8(2)12(15)17-11-4-9(3)13(5-10(11)14)6-16-7-13;1-8(2)11(14)16-10-3-4-12(5-9(10)13)6-15-7-12;1-9(2)11(12)13-8-10-6-4-3-5-7-10;1-8(2)10(11)12-9-6-4-3-5-7-9;1-9-5-7(6-10-2)3-4-8(9)11-9;1-10-8(9)5-2-3-6-7(4-5)11-6;1-9-5-6-2-3-7-8(4-6)10-7/h11-13H,1,3-9H2,2H3;8-11,14H,1,3-6H2,2H3;9-11,14H,1,4-7H2,2-3H3;9-10,13H,1,3-7H2,2H3;10H,1,3-8H2,2H3;9H,1,3-7H2,2H3;7-8H,3-6H2,1-2H3;5-7H,2-4H2,1H3;6-8H,2-5H2,1H3. The molecule has 0 radical (unpaired) electrons. The Kier molecular flexibility index (Phi) is 39.1. The Labute approximate surface area is 733 Å². The quantitative estimate of drug-likeness (QED) is 0.0497. The summed E-state index contributed by atoms with van der Waals surface area (Å²) in [5.41, 5.74) is 3.32. The van der Waals surface area contributed by atoms with Gasteiger partial charge in [0.25, 0.3) is 0 Å². The van der Waals surface area contributed by atoms with Crippen molar-refractivity contribution in [3.63, 3.8) is 0 Å². The first-order valence-corrected chi connectivity index (χ1v) is 46.5. The third-order valence-electron chi connectivity index (χ3n) is 28.9. The molecule has 25 heteroatoms. The molecule has 123 heavy (non-hydrogen) atoms. The molecule has 17 aliphatic rings. The first-order valence-electron chi connectivity index (χ1n) is 46.5. The number of rotatable bonds is 18. The minimum Gasteiger partial charge on any atom is -0.469 e. The van der Waals surface area contributed by atoms with Crippen LogP contribution in [0.15, 0.2) is 72.9 Å². The van der Waals surface area contributed by atoms with Crippen LogP contribution >= 0.6 is 0 Å². The number of hydrogen-bond donors (Lipinski definition) is 3. The normalized spacial score (nSPS) is 34.5. The Morgan fingerprint density at radius 1 is 0.415 bits per heavy atom. The molecule has 11 aliphatic carbocycles. The topological polar surface area (TPSA) is 329 Å². The van der Waals surface area contributed by atoms with E-state index < -0.39 is 36.4 Å². The molecule has 0 aromatic heterocycles.